The monoisotopic (exact) mass is 385 g/mol. The predicted octanol–water partition coefficient (Wildman–Crippen LogP) is 4.06. The second-order valence-electron chi connectivity index (χ2n) is 7.70. The molecule has 1 fully saturated rings. The van der Waals surface area contributed by atoms with Gasteiger partial charge in [-0.25, -0.2) is 4.98 Å². The van der Waals surface area contributed by atoms with Gasteiger partial charge in [0, 0.05) is 30.0 Å². The fourth-order valence-electron chi connectivity index (χ4n) is 3.18. The summed E-state index contributed by atoms with van der Waals surface area (Å²) in [5.41, 5.74) is 2.95. The fourth-order valence-corrected chi connectivity index (χ4v) is 4.01. The van der Waals surface area contributed by atoms with E-state index in [9.17, 15) is 9.59 Å². The lowest BCUT2D eigenvalue weighted by Crippen LogP contribution is -2.32. The summed E-state index contributed by atoms with van der Waals surface area (Å²) in [6.45, 7) is 9.31. The van der Waals surface area contributed by atoms with Crippen molar-refractivity contribution in [3.63, 3.8) is 0 Å². The fraction of sp³-hybridized carbons (Fsp3) is 0.476. The van der Waals surface area contributed by atoms with Gasteiger partial charge in [0.25, 0.3) is 0 Å². The first-order valence-corrected chi connectivity index (χ1v) is 10.4. The molecule has 1 aliphatic heterocycles. The Labute approximate surface area is 164 Å². The maximum Gasteiger partial charge on any atom is 0.227 e. The average molecular weight is 386 g/mol. The molecule has 1 saturated heterocycles. The van der Waals surface area contributed by atoms with E-state index in [0.717, 1.165) is 16.4 Å². The molecule has 1 N–H and O–H groups in total. The first-order chi connectivity index (χ1) is 12.8. The zero-order valence-electron chi connectivity index (χ0n) is 16.4. The van der Waals surface area contributed by atoms with Gasteiger partial charge in [0.05, 0.1) is 23.2 Å². The molecule has 5 nitrogen and oxygen atoms in total. The second kappa shape index (κ2) is 8.21. The molecule has 0 bridgehead atoms. The zero-order valence-corrected chi connectivity index (χ0v) is 17.2. The van der Waals surface area contributed by atoms with Crippen LogP contribution in [0.15, 0.2) is 29.6 Å². The summed E-state index contributed by atoms with van der Waals surface area (Å²) < 4.78 is 0. The number of hydrogen-bond donors (Lipinski definition) is 1. The highest BCUT2D eigenvalue weighted by Gasteiger charge is 2.35. The van der Waals surface area contributed by atoms with Crippen LogP contribution in [0.1, 0.15) is 62.2 Å². The van der Waals surface area contributed by atoms with Gasteiger partial charge in [0.1, 0.15) is 0 Å². The van der Waals surface area contributed by atoms with Crippen molar-refractivity contribution in [2.75, 3.05) is 11.4 Å². The standard InChI is InChI=1S/C21H27N3O2S/c1-13(2)15-6-5-7-18(8-15)24-11-16(9-19(24)25)20(26)22-10-17-12-27-21(23-17)14(3)4/h5-8,12-14,16H,9-11H2,1-4H3,(H,22,26). The summed E-state index contributed by atoms with van der Waals surface area (Å²) >= 11 is 1.62. The molecule has 27 heavy (non-hydrogen) atoms. The van der Waals surface area contributed by atoms with E-state index in [1.807, 2.05) is 23.6 Å². The van der Waals surface area contributed by atoms with Crippen LogP contribution in [0.3, 0.4) is 0 Å². The quantitative estimate of drug-likeness (QED) is 0.816. The van der Waals surface area contributed by atoms with Crippen molar-refractivity contribution in [2.24, 2.45) is 5.92 Å². The van der Waals surface area contributed by atoms with Gasteiger partial charge in [-0.1, -0.05) is 39.8 Å². The molecule has 3 rings (SSSR count). The molecule has 0 spiro atoms. The van der Waals surface area contributed by atoms with E-state index in [1.54, 1.807) is 16.2 Å². The molecule has 0 radical (unpaired) electrons. The second-order valence-corrected chi connectivity index (χ2v) is 8.59. The van der Waals surface area contributed by atoms with E-state index in [-0.39, 0.29) is 24.2 Å². The van der Waals surface area contributed by atoms with Crippen molar-refractivity contribution in [3.05, 3.63) is 45.9 Å². The molecular formula is C21H27N3O2S. The van der Waals surface area contributed by atoms with E-state index < -0.39 is 0 Å². The topological polar surface area (TPSA) is 62.3 Å². The van der Waals surface area contributed by atoms with Crippen LogP contribution in [0.5, 0.6) is 0 Å². The Hall–Kier alpha value is -2.21. The van der Waals surface area contributed by atoms with E-state index >= 15 is 0 Å². The molecular weight excluding hydrogens is 358 g/mol. The maximum atomic E-state index is 12.5. The maximum absolute atomic E-state index is 12.5. The van der Waals surface area contributed by atoms with Crippen LogP contribution in [-0.4, -0.2) is 23.3 Å². The number of rotatable bonds is 6. The summed E-state index contributed by atoms with van der Waals surface area (Å²) in [6.07, 6.45) is 0.256. The van der Waals surface area contributed by atoms with Crippen LogP contribution in [0.4, 0.5) is 5.69 Å². The normalized spacial score (nSPS) is 17.2. The third kappa shape index (κ3) is 4.56. The summed E-state index contributed by atoms with van der Waals surface area (Å²) in [5, 5.41) is 6.00. The lowest BCUT2D eigenvalue weighted by Gasteiger charge is -2.18. The minimum absolute atomic E-state index is 0.00630. The Bertz CT molecular complexity index is 828. The summed E-state index contributed by atoms with van der Waals surface area (Å²) in [5.74, 6) is 0.401. The minimum Gasteiger partial charge on any atom is -0.350 e. The SMILES string of the molecule is CC(C)c1cccc(N2CC(C(=O)NCc3csc(C(C)C)n3)CC2=O)c1. The molecule has 0 aliphatic carbocycles. The minimum atomic E-state index is -0.316. The number of nitrogens with zero attached hydrogens (tertiary/aromatic N) is 2. The van der Waals surface area contributed by atoms with Gasteiger partial charge >= 0.3 is 0 Å². The van der Waals surface area contributed by atoms with Gasteiger partial charge in [-0.05, 0) is 23.6 Å². The molecule has 2 heterocycles. The Balaban J connectivity index is 1.61. The van der Waals surface area contributed by atoms with E-state index in [1.165, 1.54) is 5.56 Å². The Kier molecular flexibility index (Phi) is 5.95. The third-order valence-corrected chi connectivity index (χ3v) is 6.05. The van der Waals surface area contributed by atoms with Crippen LogP contribution < -0.4 is 10.2 Å². The summed E-state index contributed by atoms with van der Waals surface area (Å²) in [4.78, 5) is 31.3. The molecule has 1 aromatic carbocycles. The first kappa shape index (κ1) is 19.5. The number of hydrogen-bond acceptors (Lipinski definition) is 4. The Morgan fingerprint density at radius 1 is 1.30 bits per heavy atom. The van der Waals surface area contributed by atoms with Crippen molar-refractivity contribution in [1.82, 2.24) is 10.3 Å². The number of carbonyl (C=O) groups is 2. The lowest BCUT2D eigenvalue weighted by molar-refractivity contribution is -0.126. The van der Waals surface area contributed by atoms with Gasteiger partial charge in [0.15, 0.2) is 0 Å². The van der Waals surface area contributed by atoms with Gasteiger partial charge < -0.3 is 10.2 Å². The largest absolute Gasteiger partial charge is 0.350 e. The molecule has 0 saturated carbocycles. The van der Waals surface area contributed by atoms with Crippen molar-refractivity contribution < 1.29 is 9.59 Å². The van der Waals surface area contributed by atoms with Crippen molar-refractivity contribution in [3.8, 4) is 0 Å². The molecule has 2 aromatic rings. The number of aromatic nitrogens is 1. The van der Waals surface area contributed by atoms with Crippen LogP contribution in [-0.2, 0) is 16.1 Å². The number of anilines is 1. The Morgan fingerprint density at radius 3 is 2.74 bits per heavy atom. The van der Waals surface area contributed by atoms with Crippen LogP contribution >= 0.6 is 11.3 Å². The van der Waals surface area contributed by atoms with E-state index in [2.05, 4.69) is 44.1 Å². The Morgan fingerprint density at radius 2 is 2.07 bits per heavy atom. The van der Waals surface area contributed by atoms with Crippen LogP contribution in [0, 0.1) is 5.92 Å². The molecule has 1 atom stereocenters. The first-order valence-electron chi connectivity index (χ1n) is 9.47. The highest BCUT2D eigenvalue weighted by atomic mass is 32.1. The molecule has 2 amide bonds. The number of carbonyl (C=O) groups excluding carboxylic acids is 2. The molecule has 1 aromatic heterocycles. The molecule has 1 aliphatic rings. The highest BCUT2D eigenvalue weighted by Crippen LogP contribution is 2.28. The molecule has 144 valence electrons. The van der Waals surface area contributed by atoms with Crippen molar-refractivity contribution in [1.29, 1.82) is 0 Å². The smallest absolute Gasteiger partial charge is 0.227 e. The predicted molar refractivity (Wildman–Crippen MR) is 109 cm³/mol. The van der Waals surface area contributed by atoms with Crippen LogP contribution in [0.25, 0.3) is 0 Å². The van der Waals surface area contributed by atoms with Crippen molar-refractivity contribution >= 4 is 28.8 Å². The van der Waals surface area contributed by atoms with Gasteiger partial charge in [-0.15, -0.1) is 11.3 Å². The van der Waals surface area contributed by atoms with Crippen LogP contribution in [0.2, 0.25) is 0 Å². The third-order valence-electron chi connectivity index (χ3n) is 4.85. The van der Waals surface area contributed by atoms with E-state index in [0.29, 0.717) is 24.9 Å². The van der Waals surface area contributed by atoms with Gasteiger partial charge in [0.2, 0.25) is 11.8 Å². The number of amides is 2. The lowest BCUT2D eigenvalue weighted by atomic mass is 10.0. The number of benzene rings is 1. The summed E-state index contributed by atoms with van der Waals surface area (Å²) in [6, 6.07) is 8.02. The number of thiazole rings is 1. The average Bonchev–Trinajstić information content (AvgIpc) is 3.26. The summed E-state index contributed by atoms with van der Waals surface area (Å²) in [7, 11) is 0. The number of nitrogens with one attached hydrogen (secondary N) is 1. The van der Waals surface area contributed by atoms with E-state index in [4.69, 9.17) is 0 Å². The van der Waals surface area contributed by atoms with Gasteiger partial charge in [-0.2, -0.15) is 0 Å². The highest BCUT2D eigenvalue weighted by molar-refractivity contribution is 7.09. The zero-order chi connectivity index (χ0) is 19.6. The molecule has 6 heteroatoms. The molecule has 1 unspecified atom stereocenters. The van der Waals surface area contributed by atoms with Crippen molar-refractivity contribution in [2.45, 2.75) is 52.5 Å². The van der Waals surface area contributed by atoms with Gasteiger partial charge in [-0.3, -0.25) is 9.59 Å².